The molecule has 0 aliphatic rings. The highest BCUT2D eigenvalue weighted by Crippen LogP contribution is 2.03. The Bertz CT molecular complexity index is 565. The zero-order chi connectivity index (χ0) is 14.2. The lowest BCUT2D eigenvalue weighted by molar-refractivity contribution is 0.203. The van der Waals surface area contributed by atoms with Crippen LogP contribution in [-0.4, -0.2) is 47.4 Å². The first-order valence-electron chi connectivity index (χ1n) is 6.65. The number of aromatic nitrogens is 3. The normalized spacial score (nSPS) is 11.8. The smallest absolute Gasteiger partial charge is 0.191 e. The highest BCUT2D eigenvalue weighted by atomic mass is 16.5. The van der Waals surface area contributed by atoms with Crippen LogP contribution >= 0.6 is 0 Å². The Morgan fingerprint density at radius 3 is 3.05 bits per heavy atom. The van der Waals surface area contributed by atoms with Gasteiger partial charge in [-0.3, -0.25) is 4.40 Å². The summed E-state index contributed by atoms with van der Waals surface area (Å²) in [5.74, 6) is 1.56. The van der Waals surface area contributed by atoms with Crippen LogP contribution in [0.25, 0.3) is 5.65 Å². The van der Waals surface area contributed by atoms with Crippen molar-refractivity contribution in [1.82, 2.24) is 25.2 Å². The number of ether oxygens (including phenoxy) is 1. The maximum absolute atomic E-state index is 5.01. The molecule has 20 heavy (non-hydrogen) atoms. The minimum Gasteiger partial charge on any atom is -0.383 e. The number of pyridine rings is 1. The molecule has 0 aliphatic heterocycles. The Hall–Kier alpha value is -2.15. The van der Waals surface area contributed by atoms with Gasteiger partial charge in [-0.15, -0.1) is 10.2 Å². The first kappa shape index (κ1) is 14.3. The Balaban J connectivity index is 2.04. The van der Waals surface area contributed by atoms with Gasteiger partial charge in [-0.2, -0.15) is 0 Å². The van der Waals surface area contributed by atoms with Crippen molar-refractivity contribution in [3.63, 3.8) is 0 Å². The molecule has 2 rings (SSSR count). The molecule has 0 fully saturated rings. The fraction of sp³-hybridized carbons (Fsp3) is 0.462. The van der Waals surface area contributed by atoms with E-state index in [4.69, 9.17) is 4.74 Å². The molecule has 0 radical (unpaired) electrons. The fourth-order valence-electron chi connectivity index (χ4n) is 1.76. The van der Waals surface area contributed by atoms with Crippen molar-refractivity contribution in [2.75, 3.05) is 26.8 Å². The molecule has 7 heteroatoms. The van der Waals surface area contributed by atoms with E-state index in [9.17, 15) is 0 Å². The molecule has 108 valence electrons. The Labute approximate surface area is 118 Å². The average Bonchev–Trinajstić information content (AvgIpc) is 2.88. The summed E-state index contributed by atoms with van der Waals surface area (Å²) in [4.78, 5) is 4.49. The van der Waals surface area contributed by atoms with Crippen molar-refractivity contribution in [2.24, 2.45) is 4.99 Å². The molecule has 0 saturated heterocycles. The quantitative estimate of drug-likeness (QED) is 0.454. The van der Waals surface area contributed by atoms with Crippen LogP contribution in [0, 0.1) is 0 Å². The maximum Gasteiger partial charge on any atom is 0.191 e. The number of rotatable bonds is 6. The van der Waals surface area contributed by atoms with Gasteiger partial charge >= 0.3 is 0 Å². The molecule has 7 nitrogen and oxygen atoms in total. The first-order chi connectivity index (χ1) is 9.85. The number of aliphatic imine (C=N–C) groups is 1. The predicted octanol–water partition coefficient (Wildman–Crippen LogP) is 0.431. The molecule has 2 aromatic heterocycles. The van der Waals surface area contributed by atoms with E-state index in [-0.39, 0.29) is 0 Å². The summed E-state index contributed by atoms with van der Waals surface area (Å²) < 4.78 is 6.94. The van der Waals surface area contributed by atoms with Gasteiger partial charge in [0.2, 0.25) is 0 Å². The largest absolute Gasteiger partial charge is 0.383 e. The minimum atomic E-state index is 0.466. The average molecular weight is 276 g/mol. The summed E-state index contributed by atoms with van der Waals surface area (Å²) >= 11 is 0. The second kappa shape index (κ2) is 7.44. The Kier molecular flexibility index (Phi) is 5.31. The summed E-state index contributed by atoms with van der Waals surface area (Å²) in [5.41, 5.74) is 0.829. The van der Waals surface area contributed by atoms with Crippen molar-refractivity contribution in [2.45, 2.75) is 13.5 Å². The lowest BCUT2D eigenvalue weighted by atomic mass is 10.4. The van der Waals surface area contributed by atoms with Crippen LogP contribution in [-0.2, 0) is 11.3 Å². The molecule has 0 aromatic carbocycles. The van der Waals surface area contributed by atoms with E-state index in [1.807, 2.05) is 35.7 Å². The Morgan fingerprint density at radius 1 is 1.35 bits per heavy atom. The molecule has 0 saturated carbocycles. The van der Waals surface area contributed by atoms with Crippen LogP contribution in [0.1, 0.15) is 12.7 Å². The van der Waals surface area contributed by atoms with Gasteiger partial charge < -0.3 is 15.4 Å². The van der Waals surface area contributed by atoms with E-state index in [1.54, 1.807) is 7.11 Å². The number of guanidine groups is 1. The van der Waals surface area contributed by atoms with Crippen LogP contribution < -0.4 is 10.6 Å². The third-order valence-corrected chi connectivity index (χ3v) is 2.71. The summed E-state index contributed by atoms with van der Waals surface area (Å²) in [7, 11) is 1.67. The van der Waals surface area contributed by atoms with E-state index < -0.39 is 0 Å². The second-order valence-electron chi connectivity index (χ2n) is 4.16. The van der Waals surface area contributed by atoms with E-state index in [0.29, 0.717) is 19.7 Å². The zero-order valence-corrected chi connectivity index (χ0v) is 11.8. The van der Waals surface area contributed by atoms with Crippen molar-refractivity contribution >= 4 is 11.6 Å². The standard InChI is InChI=1S/C13H20N6O/c1-3-14-13(15-7-9-20-2)16-10-12-18-17-11-6-4-5-8-19(11)12/h4-6,8H,3,7,9-10H2,1-2H3,(H2,14,15,16). The van der Waals surface area contributed by atoms with Crippen LogP contribution in [0.5, 0.6) is 0 Å². The van der Waals surface area contributed by atoms with Crippen molar-refractivity contribution < 1.29 is 4.74 Å². The highest BCUT2D eigenvalue weighted by molar-refractivity contribution is 5.79. The van der Waals surface area contributed by atoms with Crippen LogP contribution in [0.15, 0.2) is 29.4 Å². The first-order valence-corrected chi connectivity index (χ1v) is 6.65. The summed E-state index contributed by atoms with van der Waals surface area (Å²) in [6.45, 7) is 4.65. The molecule has 0 amide bonds. The fourth-order valence-corrected chi connectivity index (χ4v) is 1.76. The van der Waals surface area contributed by atoms with Crippen LogP contribution in [0.4, 0.5) is 0 Å². The number of nitrogens with zero attached hydrogens (tertiary/aromatic N) is 4. The topological polar surface area (TPSA) is 75.8 Å². The zero-order valence-electron chi connectivity index (χ0n) is 11.8. The monoisotopic (exact) mass is 276 g/mol. The Morgan fingerprint density at radius 2 is 2.25 bits per heavy atom. The molecule has 0 unspecified atom stereocenters. The maximum atomic E-state index is 5.01. The number of methoxy groups -OCH3 is 1. The van der Waals surface area contributed by atoms with Gasteiger partial charge in [-0.25, -0.2) is 4.99 Å². The molecule has 0 aliphatic carbocycles. The highest BCUT2D eigenvalue weighted by Gasteiger charge is 2.04. The molecule has 2 N–H and O–H groups in total. The van der Waals surface area contributed by atoms with Crippen LogP contribution in [0.2, 0.25) is 0 Å². The van der Waals surface area contributed by atoms with Crippen molar-refractivity contribution in [3.05, 3.63) is 30.2 Å². The second-order valence-corrected chi connectivity index (χ2v) is 4.16. The number of hydrogen-bond acceptors (Lipinski definition) is 4. The third kappa shape index (κ3) is 3.67. The van der Waals surface area contributed by atoms with E-state index in [1.165, 1.54) is 0 Å². The summed E-state index contributed by atoms with van der Waals surface area (Å²) in [6.07, 6.45) is 1.94. The molecule has 2 aromatic rings. The lowest BCUT2D eigenvalue weighted by Crippen LogP contribution is -2.38. The van der Waals surface area contributed by atoms with Gasteiger partial charge in [0, 0.05) is 26.4 Å². The van der Waals surface area contributed by atoms with Gasteiger partial charge in [-0.1, -0.05) is 6.07 Å². The number of nitrogens with one attached hydrogen (secondary N) is 2. The van der Waals surface area contributed by atoms with Gasteiger partial charge in [0.1, 0.15) is 6.54 Å². The van der Waals surface area contributed by atoms with E-state index in [2.05, 4.69) is 25.8 Å². The molecule has 0 bridgehead atoms. The SMILES string of the molecule is CCNC(=NCc1nnc2ccccn12)NCCOC. The molecular weight excluding hydrogens is 256 g/mol. The van der Waals surface area contributed by atoms with Crippen LogP contribution in [0.3, 0.4) is 0 Å². The summed E-state index contributed by atoms with van der Waals surface area (Å²) in [6, 6.07) is 5.81. The third-order valence-electron chi connectivity index (χ3n) is 2.71. The molecule has 0 atom stereocenters. The van der Waals surface area contributed by atoms with Gasteiger partial charge in [-0.05, 0) is 19.1 Å². The lowest BCUT2D eigenvalue weighted by Gasteiger charge is -2.10. The van der Waals surface area contributed by atoms with Crippen molar-refractivity contribution in [1.29, 1.82) is 0 Å². The number of hydrogen-bond donors (Lipinski definition) is 2. The molecule has 0 spiro atoms. The summed E-state index contributed by atoms with van der Waals surface area (Å²) in [5, 5.41) is 14.6. The predicted molar refractivity (Wildman–Crippen MR) is 77.7 cm³/mol. The van der Waals surface area contributed by atoms with E-state index >= 15 is 0 Å². The minimum absolute atomic E-state index is 0.466. The van der Waals surface area contributed by atoms with Gasteiger partial charge in [0.05, 0.1) is 6.61 Å². The van der Waals surface area contributed by atoms with Gasteiger partial charge in [0.15, 0.2) is 17.4 Å². The number of fused-ring (bicyclic) bond motifs is 1. The molecular formula is C13H20N6O. The van der Waals surface area contributed by atoms with Crippen molar-refractivity contribution in [3.8, 4) is 0 Å². The van der Waals surface area contributed by atoms with E-state index in [0.717, 1.165) is 24.0 Å². The molecule has 2 heterocycles. The van der Waals surface area contributed by atoms with Gasteiger partial charge in [0.25, 0.3) is 0 Å².